The molecule has 0 spiro atoms. The second-order valence-corrected chi connectivity index (χ2v) is 6.71. The highest BCUT2D eigenvalue weighted by atomic mass is 79.9. The van der Waals surface area contributed by atoms with Crippen LogP contribution < -0.4 is 5.48 Å². The zero-order valence-corrected chi connectivity index (χ0v) is 14.5. The van der Waals surface area contributed by atoms with Crippen LogP contribution in [0.4, 0.5) is 0 Å². The van der Waals surface area contributed by atoms with Gasteiger partial charge in [0.1, 0.15) is 0 Å². The quantitative estimate of drug-likeness (QED) is 0.772. The topological polar surface area (TPSA) is 70.2 Å². The third-order valence-electron chi connectivity index (χ3n) is 3.72. The van der Waals surface area contributed by atoms with E-state index in [1.165, 1.54) is 7.11 Å². The standard InChI is InChI=1S/C16H20BrN3O2/c1-16(2,10-18)14-8-20(7-12(9-21)19-22-3)15-6-11(17)4-5-13(14)15/h4-6,8,12,19,21H,7,9H2,1-3H3. The van der Waals surface area contributed by atoms with Crippen LogP contribution in [0.2, 0.25) is 0 Å². The van der Waals surface area contributed by atoms with E-state index in [4.69, 9.17) is 4.84 Å². The first-order chi connectivity index (χ1) is 10.4. The molecule has 5 nitrogen and oxygen atoms in total. The average molecular weight is 366 g/mol. The first-order valence-electron chi connectivity index (χ1n) is 7.02. The second kappa shape index (κ2) is 6.80. The summed E-state index contributed by atoms with van der Waals surface area (Å²) in [5.41, 5.74) is 4.19. The molecule has 6 heteroatoms. The van der Waals surface area contributed by atoms with Crippen molar-refractivity contribution in [2.45, 2.75) is 31.8 Å². The van der Waals surface area contributed by atoms with Gasteiger partial charge < -0.3 is 14.5 Å². The minimum atomic E-state index is -0.583. The molecule has 0 amide bonds. The van der Waals surface area contributed by atoms with Crippen molar-refractivity contribution in [3.05, 3.63) is 34.4 Å². The normalized spacial score (nSPS) is 13.3. The highest BCUT2D eigenvalue weighted by molar-refractivity contribution is 9.10. The summed E-state index contributed by atoms with van der Waals surface area (Å²) in [4.78, 5) is 4.91. The van der Waals surface area contributed by atoms with Crippen molar-refractivity contribution in [1.29, 1.82) is 5.26 Å². The van der Waals surface area contributed by atoms with Crippen LogP contribution in [0.15, 0.2) is 28.9 Å². The van der Waals surface area contributed by atoms with Crippen molar-refractivity contribution >= 4 is 26.8 Å². The van der Waals surface area contributed by atoms with Crippen molar-refractivity contribution in [1.82, 2.24) is 10.0 Å². The van der Waals surface area contributed by atoms with Gasteiger partial charge in [0.15, 0.2) is 0 Å². The van der Waals surface area contributed by atoms with E-state index in [0.717, 1.165) is 20.9 Å². The van der Waals surface area contributed by atoms with Crippen LogP contribution in [0.25, 0.3) is 10.9 Å². The number of hydroxylamine groups is 1. The summed E-state index contributed by atoms with van der Waals surface area (Å²) in [6.45, 7) is 4.31. The summed E-state index contributed by atoms with van der Waals surface area (Å²) < 4.78 is 3.02. The number of aliphatic hydroxyl groups is 1. The lowest BCUT2D eigenvalue weighted by atomic mass is 9.86. The molecule has 2 rings (SSSR count). The van der Waals surface area contributed by atoms with E-state index in [-0.39, 0.29) is 12.6 Å². The molecule has 1 heterocycles. The maximum Gasteiger partial charge on any atom is 0.0787 e. The number of benzene rings is 1. The lowest BCUT2D eigenvalue weighted by Gasteiger charge is -2.16. The summed E-state index contributed by atoms with van der Waals surface area (Å²) in [5.74, 6) is 0. The van der Waals surface area contributed by atoms with Crippen LogP contribution in [0, 0.1) is 11.3 Å². The molecular formula is C16H20BrN3O2. The Balaban J connectivity index is 2.55. The molecule has 0 aliphatic heterocycles. The third kappa shape index (κ3) is 3.33. The van der Waals surface area contributed by atoms with Gasteiger partial charge in [-0.3, -0.25) is 0 Å². The van der Waals surface area contributed by atoms with Crippen LogP contribution in [0.1, 0.15) is 19.4 Å². The Morgan fingerprint density at radius 1 is 1.50 bits per heavy atom. The molecule has 0 saturated carbocycles. The Bertz CT molecular complexity index is 703. The largest absolute Gasteiger partial charge is 0.395 e. The molecule has 1 aromatic heterocycles. The Morgan fingerprint density at radius 2 is 2.23 bits per heavy atom. The Morgan fingerprint density at radius 3 is 2.82 bits per heavy atom. The molecule has 0 fully saturated rings. The van der Waals surface area contributed by atoms with E-state index >= 15 is 0 Å². The first-order valence-corrected chi connectivity index (χ1v) is 7.81. The second-order valence-electron chi connectivity index (χ2n) is 5.79. The highest BCUT2D eigenvalue weighted by Crippen LogP contribution is 2.33. The van der Waals surface area contributed by atoms with Gasteiger partial charge in [-0.25, -0.2) is 0 Å². The van der Waals surface area contributed by atoms with Gasteiger partial charge in [-0.2, -0.15) is 10.7 Å². The molecule has 2 N–H and O–H groups in total. The summed E-state index contributed by atoms with van der Waals surface area (Å²) in [5, 5.41) is 19.9. The maximum absolute atomic E-state index is 9.44. The van der Waals surface area contributed by atoms with Gasteiger partial charge in [-0.1, -0.05) is 22.0 Å². The van der Waals surface area contributed by atoms with Gasteiger partial charge in [0.2, 0.25) is 0 Å². The van der Waals surface area contributed by atoms with Crippen LogP contribution in [-0.4, -0.2) is 29.4 Å². The molecule has 1 atom stereocenters. The molecule has 1 unspecified atom stereocenters. The monoisotopic (exact) mass is 365 g/mol. The number of hydrogen-bond acceptors (Lipinski definition) is 4. The average Bonchev–Trinajstić information content (AvgIpc) is 2.85. The number of nitriles is 1. The van der Waals surface area contributed by atoms with Gasteiger partial charge >= 0.3 is 0 Å². The first kappa shape index (κ1) is 17.0. The minimum absolute atomic E-state index is 0.0432. The minimum Gasteiger partial charge on any atom is -0.395 e. The molecule has 0 saturated heterocycles. The van der Waals surface area contributed by atoms with E-state index in [1.54, 1.807) is 0 Å². The fourth-order valence-electron chi connectivity index (χ4n) is 2.51. The molecule has 0 bridgehead atoms. The van der Waals surface area contributed by atoms with Crippen LogP contribution in [-0.2, 0) is 16.8 Å². The zero-order valence-electron chi connectivity index (χ0n) is 12.9. The molecule has 1 aromatic carbocycles. The number of aliphatic hydroxyl groups excluding tert-OH is 1. The fraction of sp³-hybridized carbons (Fsp3) is 0.438. The number of nitrogens with one attached hydrogen (secondary N) is 1. The van der Waals surface area contributed by atoms with E-state index in [1.807, 2.05) is 42.8 Å². The zero-order chi connectivity index (χ0) is 16.3. The molecule has 2 aromatic rings. The SMILES string of the molecule is CONC(CO)Cn1cc(C(C)(C)C#N)c2ccc(Br)cc21. The lowest BCUT2D eigenvalue weighted by molar-refractivity contribution is 0.0347. The van der Waals surface area contributed by atoms with Gasteiger partial charge in [0.05, 0.1) is 31.2 Å². The number of halogens is 1. The van der Waals surface area contributed by atoms with E-state index in [0.29, 0.717) is 6.54 Å². The predicted molar refractivity (Wildman–Crippen MR) is 89.3 cm³/mol. The number of aromatic nitrogens is 1. The van der Waals surface area contributed by atoms with Crippen molar-refractivity contribution in [2.75, 3.05) is 13.7 Å². The van der Waals surface area contributed by atoms with Crippen LogP contribution in [0.3, 0.4) is 0 Å². The van der Waals surface area contributed by atoms with Crippen molar-refractivity contribution in [3.63, 3.8) is 0 Å². The van der Waals surface area contributed by atoms with Crippen LogP contribution in [0.5, 0.6) is 0 Å². The summed E-state index contributed by atoms with van der Waals surface area (Å²) >= 11 is 3.49. The Hall–Kier alpha value is -1.39. The molecule has 22 heavy (non-hydrogen) atoms. The predicted octanol–water partition coefficient (Wildman–Crippen LogP) is 2.72. The summed E-state index contributed by atoms with van der Waals surface area (Å²) in [7, 11) is 1.53. The summed E-state index contributed by atoms with van der Waals surface area (Å²) in [6.07, 6.45) is 1.99. The van der Waals surface area contributed by atoms with E-state index in [2.05, 4.69) is 27.5 Å². The fourth-order valence-corrected chi connectivity index (χ4v) is 2.86. The number of fused-ring (bicyclic) bond motifs is 1. The van der Waals surface area contributed by atoms with Crippen molar-refractivity contribution < 1.29 is 9.94 Å². The van der Waals surface area contributed by atoms with Crippen molar-refractivity contribution in [2.24, 2.45) is 0 Å². The smallest absolute Gasteiger partial charge is 0.0787 e. The number of nitrogens with zero attached hydrogens (tertiary/aromatic N) is 2. The van der Waals surface area contributed by atoms with Gasteiger partial charge in [-0.15, -0.1) is 0 Å². The Kier molecular flexibility index (Phi) is 5.24. The van der Waals surface area contributed by atoms with Gasteiger partial charge in [0, 0.05) is 28.1 Å². The maximum atomic E-state index is 9.44. The van der Waals surface area contributed by atoms with E-state index in [9.17, 15) is 10.4 Å². The highest BCUT2D eigenvalue weighted by Gasteiger charge is 2.25. The van der Waals surface area contributed by atoms with Crippen molar-refractivity contribution in [3.8, 4) is 6.07 Å². The Labute approximate surface area is 138 Å². The molecular weight excluding hydrogens is 346 g/mol. The molecule has 0 aliphatic rings. The summed E-state index contributed by atoms with van der Waals surface area (Å²) in [6, 6.07) is 8.14. The van der Waals surface area contributed by atoms with E-state index < -0.39 is 5.41 Å². The van der Waals surface area contributed by atoms with Gasteiger partial charge in [-0.05, 0) is 31.5 Å². The van der Waals surface area contributed by atoms with Gasteiger partial charge in [0.25, 0.3) is 0 Å². The molecule has 0 radical (unpaired) electrons. The lowest BCUT2D eigenvalue weighted by Crippen LogP contribution is -2.35. The molecule has 0 aliphatic carbocycles. The van der Waals surface area contributed by atoms with Crippen LogP contribution >= 0.6 is 15.9 Å². The third-order valence-corrected chi connectivity index (χ3v) is 4.21. The number of hydrogen-bond donors (Lipinski definition) is 2. The molecule has 118 valence electrons. The number of rotatable bonds is 6.